The molecule has 0 saturated carbocycles. The van der Waals surface area contributed by atoms with E-state index in [0.717, 1.165) is 18.2 Å². The number of aromatic hydroxyl groups is 1. The van der Waals surface area contributed by atoms with Crippen molar-refractivity contribution in [2.24, 2.45) is 26.2 Å². The van der Waals surface area contributed by atoms with Crippen LogP contribution < -0.4 is 11.5 Å². The van der Waals surface area contributed by atoms with Crippen LogP contribution in [0, 0.1) is 0 Å². The molecule has 9 N–H and O–H groups in total. The number of fused-ring (bicyclic) bond motifs is 2. The second-order valence-corrected chi connectivity index (χ2v) is 15.7. The first-order valence-electron chi connectivity index (χ1n) is 13.3. The Kier molecular flexibility index (Phi) is 9.24. The lowest BCUT2D eigenvalue weighted by Crippen LogP contribution is -2.04. The lowest BCUT2D eigenvalue weighted by atomic mass is 10.0. The van der Waals surface area contributed by atoms with Crippen molar-refractivity contribution in [3.8, 4) is 5.75 Å². The molecule has 5 rings (SSSR count). The van der Waals surface area contributed by atoms with Crippen LogP contribution in [0.2, 0.25) is 0 Å². The topological polar surface area (TPSA) is 339 Å². The number of nitrogens with zero attached hydrogens (tertiary/aromatic N) is 4. The molecule has 50 heavy (non-hydrogen) atoms. The number of benzene rings is 5. The van der Waals surface area contributed by atoms with Gasteiger partial charge in [0.25, 0.3) is 40.5 Å². The highest BCUT2D eigenvalue weighted by Gasteiger charge is 2.29. The van der Waals surface area contributed by atoms with Crippen LogP contribution >= 0.6 is 0 Å². The smallest absolute Gasteiger partial charge is 0.297 e. The number of rotatable bonds is 9. The molecule has 5 aromatic carbocycles. The van der Waals surface area contributed by atoms with Gasteiger partial charge in [-0.15, -0.1) is 20.5 Å². The van der Waals surface area contributed by atoms with Crippen LogP contribution in [0.4, 0.5) is 28.4 Å². The molecular formula is C27H22N6O13S4. The van der Waals surface area contributed by atoms with Gasteiger partial charge in [-0.1, -0.05) is 36.4 Å². The fourth-order valence-corrected chi connectivity index (χ4v) is 7.76. The van der Waals surface area contributed by atoms with Gasteiger partial charge in [0.05, 0.1) is 11.1 Å². The molecule has 0 spiro atoms. The first-order valence-corrected chi connectivity index (χ1v) is 19.1. The van der Waals surface area contributed by atoms with Gasteiger partial charge in [0, 0.05) is 11.9 Å². The lowest BCUT2D eigenvalue weighted by Gasteiger charge is -2.14. The number of phenolic OH excluding ortho intramolecular Hbond substituents is 1. The van der Waals surface area contributed by atoms with Crippen LogP contribution in [0.3, 0.4) is 0 Å². The van der Waals surface area contributed by atoms with E-state index in [9.17, 15) is 57.0 Å². The van der Waals surface area contributed by atoms with Gasteiger partial charge in [-0.05, 0) is 46.7 Å². The molecule has 0 amide bonds. The van der Waals surface area contributed by atoms with Crippen molar-refractivity contribution < 1.29 is 57.0 Å². The Morgan fingerprint density at radius 1 is 0.580 bits per heavy atom. The first kappa shape index (κ1) is 36.3. The Bertz CT molecular complexity index is 2770. The molecule has 0 aliphatic heterocycles. The van der Waals surface area contributed by atoms with Gasteiger partial charge >= 0.3 is 0 Å². The molecule has 262 valence electrons. The van der Waals surface area contributed by atoms with Crippen LogP contribution in [0.25, 0.3) is 21.5 Å². The minimum atomic E-state index is -5.31. The molecule has 0 fully saturated rings. The third-order valence-electron chi connectivity index (χ3n) is 7.09. The standard InChI is InChI=1S/C27H22N6O13S4/c28-12-13-4-3-5-16-15(13)8-9-18(27(16)50(44,45)46)31-32-24-20(48(38,39)40)10-14-11-21(49(41,42)43)25(26(34)22(14)23(24)29)33-30-17-6-1-2-7-19(17)47(35,36)37/h1-11,34H,12,28-29H2,(H,35,36,37)(H,38,39,40)(H,41,42,43)(H,44,45,46). The van der Waals surface area contributed by atoms with E-state index in [-0.39, 0.29) is 11.9 Å². The van der Waals surface area contributed by atoms with Crippen molar-refractivity contribution in [3.63, 3.8) is 0 Å². The lowest BCUT2D eigenvalue weighted by molar-refractivity contribution is 0.472. The van der Waals surface area contributed by atoms with E-state index in [1.807, 2.05) is 0 Å². The SMILES string of the molecule is NCc1cccc2c(S(=O)(=O)O)c(N=Nc3c(S(=O)(=O)O)cc4cc(S(=O)(=O)O)c(N=Nc5ccccc5S(=O)(=O)O)c(O)c4c3N)ccc12. The summed E-state index contributed by atoms with van der Waals surface area (Å²) < 4.78 is 138. The summed E-state index contributed by atoms with van der Waals surface area (Å²) in [4.78, 5) is -3.83. The normalized spacial score (nSPS) is 13.2. The third kappa shape index (κ3) is 6.89. The molecule has 0 radical (unpaired) electrons. The van der Waals surface area contributed by atoms with E-state index in [4.69, 9.17) is 11.5 Å². The van der Waals surface area contributed by atoms with E-state index in [1.54, 1.807) is 6.07 Å². The average Bonchev–Trinajstić information content (AvgIpc) is 3.01. The van der Waals surface area contributed by atoms with Crippen LogP contribution in [0.15, 0.2) is 107 Å². The van der Waals surface area contributed by atoms with Gasteiger partial charge in [0.2, 0.25) is 0 Å². The van der Waals surface area contributed by atoms with Crippen LogP contribution in [-0.2, 0) is 47.0 Å². The largest absolute Gasteiger partial charge is 0.505 e. The summed E-state index contributed by atoms with van der Waals surface area (Å²) in [7, 11) is -20.5. The van der Waals surface area contributed by atoms with Gasteiger partial charge in [-0.2, -0.15) is 33.7 Å². The molecule has 0 saturated heterocycles. The van der Waals surface area contributed by atoms with Crippen LogP contribution in [-0.4, -0.2) is 57.0 Å². The Labute approximate surface area is 282 Å². The number of hydrogen-bond acceptors (Lipinski definition) is 15. The summed E-state index contributed by atoms with van der Waals surface area (Å²) in [6.45, 7) is -0.00808. The first-order chi connectivity index (χ1) is 23.1. The zero-order chi connectivity index (χ0) is 37.0. The minimum Gasteiger partial charge on any atom is -0.505 e. The van der Waals surface area contributed by atoms with Gasteiger partial charge < -0.3 is 16.6 Å². The number of nitrogen functional groups attached to an aromatic ring is 1. The fourth-order valence-electron chi connectivity index (χ4n) is 4.98. The average molecular weight is 767 g/mol. The number of hydrogen-bond donors (Lipinski definition) is 7. The van der Waals surface area contributed by atoms with Gasteiger partial charge in [-0.3, -0.25) is 18.2 Å². The van der Waals surface area contributed by atoms with E-state index >= 15 is 0 Å². The predicted molar refractivity (Wildman–Crippen MR) is 176 cm³/mol. The molecule has 23 heteroatoms. The van der Waals surface area contributed by atoms with Crippen molar-refractivity contribution >= 4 is 90.5 Å². The van der Waals surface area contributed by atoms with E-state index in [2.05, 4.69) is 20.5 Å². The molecule has 0 aliphatic carbocycles. The summed E-state index contributed by atoms with van der Waals surface area (Å²) in [6, 6.07) is 12.6. The van der Waals surface area contributed by atoms with Gasteiger partial charge in [0.1, 0.15) is 42.3 Å². The number of azo groups is 2. The molecular weight excluding hydrogens is 745 g/mol. The second kappa shape index (κ2) is 12.7. The van der Waals surface area contributed by atoms with Crippen LogP contribution in [0.5, 0.6) is 5.75 Å². The quantitative estimate of drug-likeness (QED) is 0.0614. The molecule has 0 atom stereocenters. The number of phenols is 1. The molecule has 0 aliphatic rings. The Hall–Kier alpha value is -4.98. The maximum absolute atomic E-state index is 12.5. The van der Waals surface area contributed by atoms with Crippen molar-refractivity contribution in [1.82, 2.24) is 0 Å². The fraction of sp³-hybridized carbons (Fsp3) is 0.0370. The van der Waals surface area contributed by atoms with E-state index in [0.29, 0.717) is 23.1 Å². The summed E-state index contributed by atoms with van der Waals surface area (Å²) in [5.74, 6) is -1.18. The van der Waals surface area contributed by atoms with Crippen molar-refractivity contribution in [2.45, 2.75) is 26.1 Å². The summed E-state index contributed by atoms with van der Waals surface area (Å²) in [5.41, 5.74) is 8.57. The Morgan fingerprint density at radius 3 is 1.72 bits per heavy atom. The number of anilines is 1. The minimum absolute atomic E-state index is 0.00808. The Morgan fingerprint density at radius 2 is 1.14 bits per heavy atom. The van der Waals surface area contributed by atoms with E-state index in [1.165, 1.54) is 30.3 Å². The molecule has 5 aromatic rings. The van der Waals surface area contributed by atoms with Crippen LogP contribution in [0.1, 0.15) is 5.56 Å². The maximum Gasteiger partial charge on any atom is 0.297 e. The highest BCUT2D eigenvalue weighted by atomic mass is 32.2. The molecule has 0 unspecified atom stereocenters. The molecule has 0 bridgehead atoms. The zero-order valence-electron chi connectivity index (χ0n) is 24.6. The maximum atomic E-state index is 12.5. The van der Waals surface area contributed by atoms with Crippen molar-refractivity contribution in [3.05, 3.63) is 72.3 Å². The van der Waals surface area contributed by atoms with Crippen molar-refractivity contribution in [2.75, 3.05) is 5.73 Å². The zero-order valence-corrected chi connectivity index (χ0v) is 27.9. The predicted octanol–water partition coefficient (Wildman–Crippen LogP) is 4.56. The molecule has 0 aromatic heterocycles. The van der Waals surface area contributed by atoms with E-state index < -0.39 is 105 Å². The Balaban J connectivity index is 1.82. The highest BCUT2D eigenvalue weighted by Crippen LogP contribution is 2.48. The second-order valence-electron chi connectivity index (χ2n) is 10.2. The molecule has 19 nitrogen and oxygen atoms in total. The summed E-state index contributed by atoms with van der Waals surface area (Å²) >= 11 is 0. The highest BCUT2D eigenvalue weighted by molar-refractivity contribution is 7.86. The third-order valence-corrected chi connectivity index (χ3v) is 10.7. The summed E-state index contributed by atoms with van der Waals surface area (Å²) in [5, 5.41) is 25.0. The summed E-state index contributed by atoms with van der Waals surface area (Å²) in [6.07, 6.45) is 0. The number of nitrogens with two attached hydrogens (primary N) is 2. The van der Waals surface area contributed by atoms with Crippen molar-refractivity contribution in [1.29, 1.82) is 0 Å². The van der Waals surface area contributed by atoms with Gasteiger partial charge in [0.15, 0.2) is 5.75 Å². The van der Waals surface area contributed by atoms with Gasteiger partial charge in [-0.25, -0.2) is 0 Å². The molecule has 0 heterocycles. The monoisotopic (exact) mass is 766 g/mol.